The molecule has 3 rings (SSSR count). The molecule has 2 bridgehead atoms. The Hall–Kier alpha value is -0.0800. The average Bonchev–Trinajstić information content (AvgIpc) is 2.70. The maximum atomic E-state index is 3.79. The van der Waals surface area contributed by atoms with Gasteiger partial charge in [0.2, 0.25) is 0 Å². The van der Waals surface area contributed by atoms with Gasteiger partial charge in [0.15, 0.2) is 0 Å². The minimum Gasteiger partial charge on any atom is -0.310 e. The molecule has 1 saturated carbocycles. The highest BCUT2D eigenvalue weighted by Crippen LogP contribution is 2.41. The third-order valence-electron chi connectivity index (χ3n) is 5.20. The summed E-state index contributed by atoms with van der Waals surface area (Å²) in [6.07, 6.45) is 8.51. The van der Waals surface area contributed by atoms with Crippen LogP contribution in [0.4, 0.5) is 0 Å². The molecule has 3 unspecified atom stereocenters. The van der Waals surface area contributed by atoms with E-state index in [4.69, 9.17) is 0 Å². The molecule has 3 aliphatic rings. The highest BCUT2D eigenvalue weighted by atomic mass is 15.2. The van der Waals surface area contributed by atoms with E-state index >= 15 is 0 Å². The Bertz CT molecular complexity index is 261. The van der Waals surface area contributed by atoms with Gasteiger partial charge in [-0.15, -0.1) is 0 Å². The van der Waals surface area contributed by atoms with Gasteiger partial charge in [0.1, 0.15) is 0 Å². The van der Waals surface area contributed by atoms with Crippen LogP contribution in [0.1, 0.15) is 52.4 Å². The van der Waals surface area contributed by atoms with E-state index in [0.717, 1.165) is 18.1 Å². The first kappa shape index (κ1) is 11.0. The van der Waals surface area contributed by atoms with Crippen molar-refractivity contribution in [1.29, 1.82) is 0 Å². The largest absolute Gasteiger partial charge is 0.310 e. The van der Waals surface area contributed by atoms with Gasteiger partial charge in [-0.2, -0.15) is 0 Å². The molecule has 0 aromatic carbocycles. The summed E-state index contributed by atoms with van der Waals surface area (Å²) in [7, 11) is 0. The summed E-state index contributed by atoms with van der Waals surface area (Å²) in [5.41, 5.74) is 0.559. The summed E-state index contributed by atoms with van der Waals surface area (Å²) in [5.74, 6) is 0. The van der Waals surface area contributed by atoms with Crippen molar-refractivity contribution in [1.82, 2.24) is 10.2 Å². The summed E-state index contributed by atoms with van der Waals surface area (Å²) in [6.45, 7) is 7.59. The lowest BCUT2D eigenvalue weighted by molar-refractivity contribution is 0.107. The normalized spacial score (nSPS) is 43.5. The molecule has 0 radical (unpaired) electrons. The maximum Gasteiger partial charge on any atom is 0.0198 e. The van der Waals surface area contributed by atoms with E-state index in [1.165, 1.54) is 51.6 Å². The molecule has 3 fully saturated rings. The molecule has 2 heteroatoms. The van der Waals surface area contributed by atoms with Crippen molar-refractivity contribution in [3.63, 3.8) is 0 Å². The summed E-state index contributed by atoms with van der Waals surface area (Å²) in [5, 5.41) is 3.79. The molecular weight excluding hydrogens is 196 g/mol. The maximum absolute atomic E-state index is 3.79. The Morgan fingerprint density at radius 1 is 1.06 bits per heavy atom. The Morgan fingerprint density at radius 2 is 1.88 bits per heavy atom. The number of hydrogen-bond donors (Lipinski definition) is 1. The van der Waals surface area contributed by atoms with Crippen molar-refractivity contribution in [2.24, 2.45) is 5.41 Å². The van der Waals surface area contributed by atoms with Crippen molar-refractivity contribution < 1.29 is 0 Å². The Kier molecular flexibility index (Phi) is 2.75. The Labute approximate surface area is 99.8 Å². The number of rotatable bonds is 1. The van der Waals surface area contributed by atoms with Crippen molar-refractivity contribution >= 4 is 0 Å². The van der Waals surface area contributed by atoms with Gasteiger partial charge in [0.25, 0.3) is 0 Å². The van der Waals surface area contributed by atoms with Crippen LogP contribution in [0.2, 0.25) is 0 Å². The molecule has 3 atom stereocenters. The fraction of sp³-hybridized carbons (Fsp3) is 1.00. The highest BCUT2D eigenvalue weighted by molar-refractivity contribution is 4.97. The summed E-state index contributed by atoms with van der Waals surface area (Å²) >= 11 is 0. The SMILES string of the molecule is CC1(C)CCCC1N1CCC2CCC(C1)N2. The molecule has 16 heavy (non-hydrogen) atoms. The van der Waals surface area contributed by atoms with E-state index in [0.29, 0.717) is 5.41 Å². The van der Waals surface area contributed by atoms with E-state index in [1.807, 2.05) is 0 Å². The van der Waals surface area contributed by atoms with Gasteiger partial charge in [-0.05, 0) is 44.1 Å². The zero-order valence-corrected chi connectivity index (χ0v) is 10.8. The molecule has 2 heterocycles. The van der Waals surface area contributed by atoms with E-state index in [9.17, 15) is 0 Å². The topological polar surface area (TPSA) is 15.3 Å². The van der Waals surface area contributed by atoms with E-state index in [-0.39, 0.29) is 0 Å². The van der Waals surface area contributed by atoms with Gasteiger partial charge < -0.3 is 5.32 Å². The second-order valence-corrected chi connectivity index (χ2v) is 6.82. The molecule has 2 aliphatic heterocycles. The fourth-order valence-electron chi connectivity index (χ4n) is 4.24. The van der Waals surface area contributed by atoms with Gasteiger partial charge in [-0.1, -0.05) is 20.3 Å². The molecular formula is C14H26N2. The monoisotopic (exact) mass is 222 g/mol. The summed E-state index contributed by atoms with van der Waals surface area (Å²) < 4.78 is 0. The number of likely N-dealkylation sites (tertiary alicyclic amines) is 1. The number of hydrogen-bond acceptors (Lipinski definition) is 2. The van der Waals surface area contributed by atoms with Gasteiger partial charge in [-0.3, -0.25) is 4.90 Å². The first-order valence-corrected chi connectivity index (χ1v) is 7.15. The van der Waals surface area contributed by atoms with Crippen LogP contribution in [-0.2, 0) is 0 Å². The number of fused-ring (bicyclic) bond motifs is 2. The summed E-state index contributed by atoms with van der Waals surface area (Å²) in [4.78, 5) is 2.81. The first-order chi connectivity index (χ1) is 7.65. The minimum atomic E-state index is 0.559. The van der Waals surface area contributed by atoms with Gasteiger partial charge in [0.05, 0.1) is 0 Å². The molecule has 1 aliphatic carbocycles. The van der Waals surface area contributed by atoms with Crippen LogP contribution in [0, 0.1) is 5.41 Å². The third-order valence-corrected chi connectivity index (χ3v) is 5.20. The quantitative estimate of drug-likeness (QED) is 0.733. The molecule has 92 valence electrons. The zero-order chi connectivity index (χ0) is 11.2. The van der Waals surface area contributed by atoms with Crippen LogP contribution in [0.15, 0.2) is 0 Å². The lowest BCUT2D eigenvalue weighted by atomic mass is 9.86. The first-order valence-electron chi connectivity index (χ1n) is 7.15. The van der Waals surface area contributed by atoms with Crippen LogP contribution >= 0.6 is 0 Å². The highest BCUT2D eigenvalue weighted by Gasteiger charge is 2.40. The molecule has 0 aromatic heterocycles. The molecule has 0 amide bonds. The second kappa shape index (κ2) is 3.99. The van der Waals surface area contributed by atoms with E-state index in [1.54, 1.807) is 0 Å². The van der Waals surface area contributed by atoms with Crippen molar-refractivity contribution in [3.8, 4) is 0 Å². The Balaban J connectivity index is 1.70. The van der Waals surface area contributed by atoms with Crippen molar-refractivity contribution in [3.05, 3.63) is 0 Å². The van der Waals surface area contributed by atoms with Gasteiger partial charge in [0, 0.05) is 24.7 Å². The summed E-state index contributed by atoms with van der Waals surface area (Å²) in [6, 6.07) is 2.48. The van der Waals surface area contributed by atoms with Gasteiger partial charge in [-0.25, -0.2) is 0 Å². The van der Waals surface area contributed by atoms with Crippen LogP contribution < -0.4 is 5.32 Å². The predicted molar refractivity (Wildman–Crippen MR) is 67.6 cm³/mol. The third kappa shape index (κ3) is 1.91. The molecule has 1 N–H and O–H groups in total. The molecule has 2 saturated heterocycles. The number of nitrogens with one attached hydrogen (secondary N) is 1. The van der Waals surface area contributed by atoms with Gasteiger partial charge >= 0.3 is 0 Å². The smallest absolute Gasteiger partial charge is 0.0198 e. The Morgan fingerprint density at radius 3 is 2.62 bits per heavy atom. The molecule has 0 aromatic rings. The van der Waals surface area contributed by atoms with E-state index in [2.05, 4.69) is 24.1 Å². The second-order valence-electron chi connectivity index (χ2n) is 6.82. The lowest BCUT2D eigenvalue weighted by Crippen LogP contribution is -2.46. The van der Waals surface area contributed by atoms with Crippen LogP contribution in [0.5, 0.6) is 0 Å². The van der Waals surface area contributed by atoms with Crippen molar-refractivity contribution in [2.45, 2.75) is 70.5 Å². The lowest BCUT2D eigenvalue weighted by Gasteiger charge is -2.38. The number of nitrogens with zero attached hydrogens (tertiary/aromatic N) is 1. The predicted octanol–water partition coefficient (Wildman–Crippen LogP) is 2.39. The fourth-order valence-corrected chi connectivity index (χ4v) is 4.24. The average molecular weight is 222 g/mol. The van der Waals surface area contributed by atoms with Crippen LogP contribution in [-0.4, -0.2) is 36.1 Å². The standard InChI is InChI=1S/C14H26N2/c1-14(2)8-3-4-13(14)16-9-7-11-5-6-12(10-16)15-11/h11-13,15H,3-10H2,1-2H3. The molecule has 0 spiro atoms. The molecule has 2 nitrogen and oxygen atoms in total. The van der Waals surface area contributed by atoms with E-state index < -0.39 is 0 Å². The minimum absolute atomic E-state index is 0.559. The van der Waals surface area contributed by atoms with Crippen LogP contribution in [0.3, 0.4) is 0 Å². The van der Waals surface area contributed by atoms with Crippen molar-refractivity contribution in [2.75, 3.05) is 13.1 Å². The zero-order valence-electron chi connectivity index (χ0n) is 10.8. The van der Waals surface area contributed by atoms with Crippen LogP contribution in [0.25, 0.3) is 0 Å².